The molecule has 0 saturated heterocycles. The Bertz CT molecular complexity index is 112. The fourth-order valence-corrected chi connectivity index (χ4v) is 0.316. The summed E-state index contributed by atoms with van der Waals surface area (Å²) in [5, 5.41) is 0. The highest BCUT2D eigenvalue weighted by atomic mass is 13.8. The Morgan fingerprint density at radius 3 is 2.50 bits per heavy atom. The fourth-order valence-electron chi connectivity index (χ4n) is 0.316. The van der Waals surface area contributed by atoms with E-state index in [9.17, 15) is 0 Å². The minimum absolute atomic E-state index is 0.589. The second kappa shape index (κ2) is 4.42. The minimum Gasteiger partial charge on any atom is -0.125 e. The van der Waals surface area contributed by atoms with Gasteiger partial charge in [0.05, 0.1) is 0 Å². The van der Waals surface area contributed by atoms with Gasteiger partial charge in [0.2, 0.25) is 0 Å². The Kier molecular flexibility index (Phi) is 4.01. The molecule has 0 nitrogen and oxygen atoms in total. The van der Waals surface area contributed by atoms with Crippen molar-refractivity contribution in [3.05, 3.63) is 30.5 Å². The van der Waals surface area contributed by atoms with Gasteiger partial charge in [-0.3, -0.25) is 0 Å². The molecule has 0 rings (SSSR count). The summed E-state index contributed by atoms with van der Waals surface area (Å²) in [4.78, 5) is 0. The van der Waals surface area contributed by atoms with Crippen molar-refractivity contribution in [2.45, 2.75) is 13.8 Å². The standard InChI is InChI=1S/C8H12/c1-4-5-6-7-8(2)3/h4-5,7-8H,1H2,2-3H3. The number of hydrogen-bond acceptors (Lipinski definition) is 0. The zero-order valence-corrected chi connectivity index (χ0v) is 5.52. The van der Waals surface area contributed by atoms with Gasteiger partial charge in [0.15, 0.2) is 0 Å². The molecule has 0 saturated carbocycles. The molecule has 8 heavy (non-hydrogen) atoms. The van der Waals surface area contributed by atoms with Crippen LogP contribution < -0.4 is 0 Å². The van der Waals surface area contributed by atoms with Crippen LogP contribution in [0.5, 0.6) is 0 Å². The van der Waals surface area contributed by atoms with Gasteiger partial charge >= 0.3 is 0 Å². The zero-order valence-electron chi connectivity index (χ0n) is 5.52. The molecular weight excluding hydrogens is 96.1 g/mol. The largest absolute Gasteiger partial charge is 0.125 e. The summed E-state index contributed by atoms with van der Waals surface area (Å²) >= 11 is 0. The molecule has 0 spiro atoms. The van der Waals surface area contributed by atoms with Gasteiger partial charge in [-0.2, -0.15) is 0 Å². The van der Waals surface area contributed by atoms with E-state index in [2.05, 4.69) is 26.2 Å². The van der Waals surface area contributed by atoms with Crippen LogP contribution in [0.1, 0.15) is 13.8 Å². The van der Waals surface area contributed by atoms with Gasteiger partial charge in [-0.05, 0) is 18.1 Å². The van der Waals surface area contributed by atoms with E-state index in [1.807, 2.05) is 6.08 Å². The highest BCUT2D eigenvalue weighted by Crippen LogP contribution is 1.89. The molecule has 0 aliphatic carbocycles. The normalized spacial score (nSPS) is 7.88. The maximum Gasteiger partial charge on any atom is -0.0209 e. The smallest absolute Gasteiger partial charge is 0.0209 e. The van der Waals surface area contributed by atoms with Gasteiger partial charge < -0.3 is 0 Å². The van der Waals surface area contributed by atoms with Crippen molar-refractivity contribution in [1.29, 1.82) is 0 Å². The molecule has 0 N–H and O–H groups in total. The van der Waals surface area contributed by atoms with Crippen molar-refractivity contribution in [2.24, 2.45) is 5.92 Å². The van der Waals surface area contributed by atoms with Crippen molar-refractivity contribution in [1.82, 2.24) is 0 Å². The van der Waals surface area contributed by atoms with Gasteiger partial charge in [-0.1, -0.05) is 26.5 Å². The van der Waals surface area contributed by atoms with Crippen LogP contribution in [0.15, 0.2) is 30.5 Å². The lowest BCUT2D eigenvalue weighted by Gasteiger charge is -1.84. The molecule has 0 aliphatic rings. The van der Waals surface area contributed by atoms with E-state index in [1.165, 1.54) is 0 Å². The van der Waals surface area contributed by atoms with Gasteiger partial charge in [0.1, 0.15) is 0 Å². The molecule has 0 unspecified atom stereocenters. The van der Waals surface area contributed by atoms with Crippen LogP contribution in [0.25, 0.3) is 0 Å². The van der Waals surface area contributed by atoms with Crippen LogP contribution in [0, 0.1) is 5.92 Å². The lowest BCUT2D eigenvalue weighted by Crippen LogP contribution is -1.72. The average molecular weight is 108 g/mol. The van der Waals surface area contributed by atoms with E-state index >= 15 is 0 Å². The Labute approximate surface area is 51.2 Å². The SMILES string of the molecule is C=CC=C=CC(C)C. The molecule has 0 aliphatic heterocycles. The highest BCUT2D eigenvalue weighted by molar-refractivity contribution is 4.97. The van der Waals surface area contributed by atoms with E-state index in [-0.39, 0.29) is 0 Å². The van der Waals surface area contributed by atoms with Crippen LogP contribution in [-0.2, 0) is 0 Å². The summed E-state index contributed by atoms with van der Waals surface area (Å²) < 4.78 is 0. The Balaban J connectivity index is 3.63. The average Bonchev–Trinajstić information content (AvgIpc) is 1.66. The summed E-state index contributed by atoms with van der Waals surface area (Å²) in [7, 11) is 0. The first-order valence-corrected chi connectivity index (χ1v) is 2.81. The van der Waals surface area contributed by atoms with Gasteiger partial charge in [-0.25, -0.2) is 0 Å². The summed E-state index contributed by atoms with van der Waals surface area (Å²) in [5.41, 5.74) is 2.97. The van der Waals surface area contributed by atoms with E-state index in [1.54, 1.807) is 12.2 Å². The Hall–Kier alpha value is -0.740. The summed E-state index contributed by atoms with van der Waals surface area (Å²) in [6, 6.07) is 0. The van der Waals surface area contributed by atoms with Crippen LogP contribution in [0.4, 0.5) is 0 Å². The number of hydrogen-bond donors (Lipinski definition) is 0. The molecule has 44 valence electrons. The third kappa shape index (κ3) is 5.26. The van der Waals surface area contributed by atoms with Crippen LogP contribution >= 0.6 is 0 Å². The first-order chi connectivity index (χ1) is 3.77. The number of rotatable bonds is 2. The van der Waals surface area contributed by atoms with Crippen molar-refractivity contribution < 1.29 is 0 Å². The predicted molar refractivity (Wildman–Crippen MR) is 37.7 cm³/mol. The first kappa shape index (κ1) is 7.26. The molecule has 0 atom stereocenters. The maximum atomic E-state index is 3.52. The molecule has 0 heteroatoms. The fraction of sp³-hybridized carbons (Fsp3) is 0.375. The second-order valence-electron chi connectivity index (χ2n) is 1.98. The Morgan fingerprint density at radius 2 is 2.12 bits per heavy atom. The Morgan fingerprint density at radius 1 is 1.50 bits per heavy atom. The zero-order chi connectivity index (χ0) is 6.41. The number of allylic oxidation sites excluding steroid dienone is 2. The summed E-state index contributed by atoms with van der Waals surface area (Å²) in [6.07, 6.45) is 5.53. The van der Waals surface area contributed by atoms with Crippen LogP contribution in [0.2, 0.25) is 0 Å². The monoisotopic (exact) mass is 108 g/mol. The topological polar surface area (TPSA) is 0 Å². The maximum absolute atomic E-state index is 3.52. The summed E-state index contributed by atoms with van der Waals surface area (Å²) in [5.74, 6) is 0.589. The van der Waals surface area contributed by atoms with E-state index < -0.39 is 0 Å². The van der Waals surface area contributed by atoms with Crippen molar-refractivity contribution >= 4 is 0 Å². The first-order valence-electron chi connectivity index (χ1n) is 2.81. The molecule has 0 amide bonds. The lowest BCUT2D eigenvalue weighted by atomic mass is 10.2. The van der Waals surface area contributed by atoms with Crippen molar-refractivity contribution in [3.8, 4) is 0 Å². The summed E-state index contributed by atoms with van der Waals surface area (Å²) in [6.45, 7) is 7.75. The predicted octanol–water partition coefficient (Wildman–Crippen LogP) is 2.54. The van der Waals surface area contributed by atoms with Gasteiger partial charge in [-0.15, -0.1) is 5.73 Å². The molecule has 0 aromatic rings. The van der Waals surface area contributed by atoms with Crippen molar-refractivity contribution in [2.75, 3.05) is 0 Å². The lowest BCUT2D eigenvalue weighted by molar-refractivity contribution is 0.833. The highest BCUT2D eigenvalue weighted by Gasteiger charge is 1.77. The second-order valence-corrected chi connectivity index (χ2v) is 1.98. The van der Waals surface area contributed by atoms with Gasteiger partial charge in [0.25, 0.3) is 0 Å². The molecule has 0 aromatic heterocycles. The van der Waals surface area contributed by atoms with Gasteiger partial charge in [0, 0.05) is 0 Å². The molecule has 0 heterocycles. The molecular formula is C8H12. The van der Waals surface area contributed by atoms with Crippen LogP contribution in [-0.4, -0.2) is 0 Å². The van der Waals surface area contributed by atoms with E-state index in [4.69, 9.17) is 0 Å². The molecule has 0 fully saturated rings. The quantitative estimate of drug-likeness (QED) is 0.376. The minimum atomic E-state index is 0.589. The van der Waals surface area contributed by atoms with E-state index in [0.29, 0.717) is 5.92 Å². The van der Waals surface area contributed by atoms with Crippen molar-refractivity contribution in [3.63, 3.8) is 0 Å². The van der Waals surface area contributed by atoms with Crippen LogP contribution in [0.3, 0.4) is 0 Å². The third-order valence-corrected chi connectivity index (χ3v) is 0.644. The molecule has 0 bridgehead atoms. The van der Waals surface area contributed by atoms with E-state index in [0.717, 1.165) is 0 Å². The third-order valence-electron chi connectivity index (χ3n) is 0.644. The molecule has 0 aromatic carbocycles. The molecule has 0 radical (unpaired) electrons.